The van der Waals surface area contributed by atoms with Crippen molar-refractivity contribution >= 4 is 21.6 Å². The number of nitrogens with zero attached hydrogens (tertiary/aromatic N) is 1. The highest BCUT2D eigenvalue weighted by molar-refractivity contribution is 7.92. The Balaban J connectivity index is 2.38. The molecule has 2 unspecified atom stereocenters. The lowest BCUT2D eigenvalue weighted by molar-refractivity contribution is -0.122. The third-order valence-corrected chi connectivity index (χ3v) is 6.22. The maximum atomic E-state index is 13.2. The molecule has 0 aliphatic rings. The second-order valence-corrected chi connectivity index (χ2v) is 9.78. The van der Waals surface area contributed by atoms with Crippen LogP contribution in [0.5, 0.6) is 0 Å². The number of benzene rings is 2. The minimum absolute atomic E-state index is 0.224. The van der Waals surface area contributed by atoms with Crippen LogP contribution < -0.4 is 9.62 Å². The quantitative estimate of drug-likeness (QED) is 0.730. The van der Waals surface area contributed by atoms with Gasteiger partial charge in [-0.1, -0.05) is 36.8 Å². The van der Waals surface area contributed by atoms with Gasteiger partial charge in [-0.3, -0.25) is 9.10 Å². The first-order valence-corrected chi connectivity index (χ1v) is 11.7. The molecule has 6 heteroatoms. The zero-order valence-corrected chi connectivity index (χ0v) is 19.2. The SMILES string of the molecule is CCC(C(=O)NC(C)c1ccc(C)cc1C)N(c1cc(C)cc(C)c1)S(C)(=O)=O. The Morgan fingerprint density at radius 3 is 2.07 bits per heavy atom. The molecule has 0 heterocycles. The lowest BCUT2D eigenvalue weighted by Crippen LogP contribution is -2.49. The highest BCUT2D eigenvalue weighted by atomic mass is 32.2. The lowest BCUT2D eigenvalue weighted by Gasteiger charge is -2.31. The van der Waals surface area contributed by atoms with Crippen molar-refractivity contribution in [1.82, 2.24) is 5.32 Å². The molecule has 0 saturated carbocycles. The van der Waals surface area contributed by atoms with Gasteiger partial charge < -0.3 is 5.32 Å². The highest BCUT2D eigenvalue weighted by Crippen LogP contribution is 2.26. The fraction of sp³-hybridized carbons (Fsp3) is 0.435. The number of sulfonamides is 1. The van der Waals surface area contributed by atoms with Gasteiger partial charge in [0.15, 0.2) is 0 Å². The highest BCUT2D eigenvalue weighted by Gasteiger charge is 2.32. The van der Waals surface area contributed by atoms with Crippen molar-refractivity contribution < 1.29 is 13.2 Å². The maximum Gasteiger partial charge on any atom is 0.244 e. The van der Waals surface area contributed by atoms with Gasteiger partial charge in [0.25, 0.3) is 0 Å². The van der Waals surface area contributed by atoms with Gasteiger partial charge >= 0.3 is 0 Å². The van der Waals surface area contributed by atoms with Crippen molar-refractivity contribution in [2.75, 3.05) is 10.6 Å². The van der Waals surface area contributed by atoms with Gasteiger partial charge in [0.05, 0.1) is 18.0 Å². The molecule has 1 N–H and O–H groups in total. The fourth-order valence-electron chi connectivity index (χ4n) is 3.84. The van der Waals surface area contributed by atoms with E-state index in [1.165, 1.54) is 4.31 Å². The number of carbonyl (C=O) groups is 1. The Morgan fingerprint density at radius 2 is 1.59 bits per heavy atom. The van der Waals surface area contributed by atoms with Gasteiger partial charge in [0.2, 0.25) is 15.9 Å². The molecule has 1 amide bonds. The number of carbonyl (C=O) groups excluding carboxylic acids is 1. The van der Waals surface area contributed by atoms with Crippen molar-refractivity contribution in [3.05, 3.63) is 64.2 Å². The van der Waals surface area contributed by atoms with Crippen LogP contribution in [-0.2, 0) is 14.8 Å². The number of hydrogen-bond acceptors (Lipinski definition) is 3. The summed E-state index contributed by atoms with van der Waals surface area (Å²) in [4.78, 5) is 13.2. The van der Waals surface area contributed by atoms with E-state index in [0.717, 1.165) is 34.1 Å². The van der Waals surface area contributed by atoms with Crippen LogP contribution in [0.15, 0.2) is 36.4 Å². The summed E-state index contributed by atoms with van der Waals surface area (Å²) in [5.74, 6) is -0.301. The van der Waals surface area contributed by atoms with E-state index in [1.807, 2.05) is 59.7 Å². The predicted octanol–water partition coefficient (Wildman–Crippen LogP) is 4.34. The summed E-state index contributed by atoms with van der Waals surface area (Å²) in [6.07, 6.45) is 1.51. The monoisotopic (exact) mass is 416 g/mol. The first-order chi connectivity index (χ1) is 13.4. The smallest absolute Gasteiger partial charge is 0.244 e. The molecule has 2 atom stereocenters. The van der Waals surface area contributed by atoms with E-state index in [0.29, 0.717) is 12.1 Å². The Bertz CT molecular complexity index is 979. The van der Waals surface area contributed by atoms with Crippen molar-refractivity contribution in [2.45, 2.75) is 60.0 Å². The number of aryl methyl sites for hydroxylation is 4. The Labute approximate surface area is 175 Å². The predicted molar refractivity (Wildman–Crippen MR) is 120 cm³/mol. The molecule has 0 bridgehead atoms. The Morgan fingerprint density at radius 1 is 1.00 bits per heavy atom. The van der Waals surface area contributed by atoms with Crippen LogP contribution in [0.4, 0.5) is 5.69 Å². The first-order valence-electron chi connectivity index (χ1n) is 9.89. The second-order valence-electron chi connectivity index (χ2n) is 7.92. The van der Waals surface area contributed by atoms with E-state index in [-0.39, 0.29) is 11.9 Å². The number of nitrogens with one attached hydrogen (secondary N) is 1. The summed E-state index contributed by atoms with van der Waals surface area (Å²) in [6.45, 7) is 11.6. The summed E-state index contributed by atoms with van der Waals surface area (Å²) >= 11 is 0. The number of hydrogen-bond donors (Lipinski definition) is 1. The molecule has 0 fully saturated rings. The van der Waals surface area contributed by atoms with Crippen molar-refractivity contribution in [3.63, 3.8) is 0 Å². The summed E-state index contributed by atoms with van der Waals surface area (Å²) < 4.78 is 26.6. The van der Waals surface area contributed by atoms with Crippen LogP contribution in [0.2, 0.25) is 0 Å². The minimum atomic E-state index is -3.65. The van der Waals surface area contributed by atoms with Crippen molar-refractivity contribution in [2.24, 2.45) is 0 Å². The van der Waals surface area contributed by atoms with Crippen LogP contribution in [0.25, 0.3) is 0 Å². The molecule has 158 valence electrons. The molecule has 0 saturated heterocycles. The second kappa shape index (κ2) is 8.99. The minimum Gasteiger partial charge on any atom is -0.348 e. The Kier molecular flexibility index (Phi) is 7.11. The van der Waals surface area contributed by atoms with Crippen LogP contribution in [0, 0.1) is 27.7 Å². The number of anilines is 1. The third kappa shape index (κ3) is 5.60. The van der Waals surface area contributed by atoms with Gasteiger partial charge in [0, 0.05) is 0 Å². The molecule has 5 nitrogen and oxygen atoms in total. The zero-order chi connectivity index (χ0) is 21.9. The van der Waals surface area contributed by atoms with Crippen LogP contribution in [-0.4, -0.2) is 26.6 Å². The summed E-state index contributed by atoms with van der Waals surface area (Å²) in [5.41, 5.74) is 5.71. The largest absolute Gasteiger partial charge is 0.348 e. The summed E-state index contributed by atoms with van der Waals surface area (Å²) in [5, 5.41) is 3.01. The normalized spacial score (nSPS) is 13.6. The van der Waals surface area contributed by atoms with Crippen molar-refractivity contribution in [3.8, 4) is 0 Å². The molecule has 2 aromatic rings. The summed E-state index contributed by atoms with van der Waals surface area (Å²) in [7, 11) is -3.65. The lowest BCUT2D eigenvalue weighted by atomic mass is 10.00. The van der Waals surface area contributed by atoms with E-state index in [2.05, 4.69) is 11.4 Å². The van der Waals surface area contributed by atoms with E-state index in [1.54, 1.807) is 12.1 Å². The van der Waals surface area contributed by atoms with Crippen LogP contribution in [0.3, 0.4) is 0 Å². The molecule has 0 radical (unpaired) electrons. The zero-order valence-electron chi connectivity index (χ0n) is 18.4. The van der Waals surface area contributed by atoms with Crippen LogP contribution >= 0.6 is 0 Å². The number of amides is 1. The molecular weight excluding hydrogens is 384 g/mol. The third-order valence-electron chi connectivity index (χ3n) is 5.04. The summed E-state index contributed by atoms with van der Waals surface area (Å²) in [6, 6.07) is 10.6. The number of rotatable bonds is 7. The molecular formula is C23H32N2O3S. The fourth-order valence-corrected chi connectivity index (χ4v) is 5.03. The first kappa shape index (κ1) is 22.9. The molecule has 0 aliphatic carbocycles. The average Bonchev–Trinajstić information content (AvgIpc) is 2.56. The maximum absolute atomic E-state index is 13.2. The molecule has 2 rings (SSSR count). The van der Waals surface area contributed by atoms with Gasteiger partial charge in [-0.2, -0.15) is 0 Å². The van der Waals surface area contributed by atoms with E-state index in [9.17, 15) is 13.2 Å². The standard InChI is InChI=1S/C23H32N2O3S/c1-8-22(23(26)24-19(6)21-10-9-15(2)12-18(21)5)25(29(7,27)28)20-13-16(3)11-17(4)14-20/h9-14,19,22H,8H2,1-7H3,(H,24,26). The molecule has 0 aromatic heterocycles. The average molecular weight is 417 g/mol. The van der Waals surface area contributed by atoms with Gasteiger partial charge in [-0.05, 0) is 75.4 Å². The van der Waals surface area contributed by atoms with Gasteiger partial charge in [-0.25, -0.2) is 8.42 Å². The molecule has 0 aliphatic heterocycles. The molecule has 0 spiro atoms. The van der Waals surface area contributed by atoms with Gasteiger partial charge in [0.1, 0.15) is 6.04 Å². The van der Waals surface area contributed by atoms with E-state index in [4.69, 9.17) is 0 Å². The van der Waals surface area contributed by atoms with Crippen LogP contribution in [0.1, 0.15) is 54.1 Å². The molecule has 29 heavy (non-hydrogen) atoms. The topological polar surface area (TPSA) is 66.5 Å². The van der Waals surface area contributed by atoms with E-state index < -0.39 is 16.1 Å². The van der Waals surface area contributed by atoms with Crippen molar-refractivity contribution in [1.29, 1.82) is 0 Å². The molecule has 2 aromatic carbocycles. The van der Waals surface area contributed by atoms with E-state index >= 15 is 0 Å². The van der Waals surface area contributed by atoms with Gasteiger partial charge in [-0.15, -0.1) is 0 Å². The Hall–Kier alpha value is -2.34.